The Kier molecular flexibility index (Phi) is 4.08. The Labute approximate surface area is 96.6 Å². The molecule has 1 atom stereocenters. The predicted molar refractivity (Wildman–Crippen MR) is 63.5 cm³/mol. The second kappa shape index (κ2) is 5.13. The Hall–Kier alpha value is -1.34. The van der Waals surface area contributed by atoms with E-state index in [0.717, 1.165) is 11.1 Å². The molecule has 0 radical (unpaired) electrons. The Morgan fingerprint density at radius 3 is 2.50 bits per heavy atom. The Morgan fingerprint density at radius 1 is 1.38 bits per heavy atom. The molecule has 1 rings (SSSR count). The van der Waals surface area contributed by atoms with E-state index >= 15 is 0 Å². The van der Waals surface area contributed by atoms with E-state index in [2.05, 4.69) is 0 Å². The molecule has 0 aliphatic carbocycles. The van der Waals surface area contributed by atoms with Gasteiger partial charge in [-0.15, -0.1) is 0 Å². The molecule has 0 fully saturated rings. The van der Waals surface area contributed by atoms with Crippen molar-refractivity contribution >= 4 is 9.84 Å². The van der Waals surface area contributed by atoms with Gasteiger partial charge in [0, 0.05) is 0 Å². The quantitative estimate of drug-likeness (QED) is 0.806. The summed E-state index contributed by atoms with van der Waals surface area (Å²) in [5.74, 6) is -0.0499. The molecule has 0 N–H and O–H groups in total. The van der Waals surface area contributed by atoms with E-state index in [9.17, 15) is 8.42 Å². The van der Waals surface area contributed by atoms with Gasteiger partial charge in [-0.1, -0.05) is 31.2 Å². The summed E-state index contributed by atoms with van der Waals surface area (Å²) < 4.78 is 23.8. The summed E-state index contributed by atoms with van der Waals surface area (Å²) in [5.41, 5.74) is 1.72. The molecule has 0 saturated heterocycles. The standard InChI is InChI=1S/C12H15NO2S/c1-3-12(8-13)16(14,15)9-11-7-5-4-6-10(11)2/h4-7,12H,3,9H2,1-2H3. The summed E-state index contributed by atoms with van der Waals surface area (Å²) in [6, 6.07) is 9.18. The van der Waals surface area contributed by atoms with Gasteiger partial charge in [0.1, 0.15) is 5.25 Å². The van der Waals surface area contributed by atoms with Gasteiger partial charge >= 0.3 is 0 Å². The van der Waals surface area contributed by atoms with Crippen molar-refractivity contribution < 1.29 is 8.42 Å². The normalized spacial score (nSPS) is 13.1. The van der Waals surface area contributed by atoms with Crippen LogP contribution >= 0.6 is 0 Å². The molecule has 1 aromatic carbocycles. The van der Waals surface area contributed by atoms with Crippen molar-refractivity contribution in [1.29, 1.82) is 5.26 Å². The first-order chi connectivity index (χ1) is 7.51. The first kappa shape index (κ1) is 12.7. The van der Waals surface area contributed by atoms with Gasteiger partial charge in [-0.2, -0.15) is 5.26 Å². The maximum absolute atomic E-state index is 11.9. The van der Waals surface area contributed by atoms with E-state index < -0.39 is 15.1 Å². The summed E-state index contributed by atoms with van der Waals surface area (Å²) in [6.45, 7) is 3.58. The number of rotatable bonds is 4. The molecule has 1 aromatic rings. The van der Waals surface area contributed by atoms with Gasteiger partial charge in [-0.05, 0) is 24.5 Å². The van der Waals surface area contributed by atoms with Crippen molar-refractivity contribution in [3.05, 3.63) is 35.4 Å². The van der Waals surface area contributed by atoms with Gasteiger partial charge in [-0.3, -0.25) is 0 Å². The van der Waals surface area contributed by atoms with Crippen LogP contribution in [0.4, 0.5) is 0 Å². The first-order valence-electron chi connectivity index (χ1n) is 5.17. The van der Waals surface area contributed by atoms with Crippen molar-refractivity contribution in [2.24, 2.45) is 0 Å². The van der Waals surface area contributed by atoms with Crippen LogP contribution in [0.25, 0.3) is 0 Å². The fraction of sp³-hybridized carbons (Fsp3) is 0.417. The highest BCUT2D eigenvalue weighted by Gasteiger charge is 2.24. The van der Waals surface area contributed by atoms with Crippen molar-refractivity contribution in [1.82, 2.24) is 0 Å². The monoisotopic (exact) mass is 237 g/mol. The smallest absolute Gasteiger partial charge is 0.170 e. The number of aryl methyl sites for hydroxylation is 1. The van der Waals surface area contributed by atoms with E-state index in [1.54, 1.807) is 13.0 Å². The third-order valence-corrected chi connectivity index (χ3v) is 4.59. The highest BCUT2D eigenvalue weighted by molar-refractivity contribution is 7.91. The lowest BCUT2D eigenvalue weighted by molar-refractivity contribution is 0.586. The molecule has 0 saturated carbocycles. The van der Waals surface area contributed by atoms with Crippen molar-refractivity contribution in [2.45, 2.75) is 31.3 Å². The lowest BCUT2D eigenvalue weighted by Gasteiger charge is -2.10. The minimum absolute atomic E-state index is 0.0499. The SMILES string of the molecule is CCC(C#N)S(=O)(=O)Cc1ccccc1C. The molecule has 0 heterocycles. The summed E-state index contributed by atoms with van der Waals surface area (Å²) in [5, 5.41) is 7.88. The number of nitriles is 1. The zero-order valence-corrected chi connectivity index (χ0v) is 10.3. The molecule has 0 aliphatic rings. The van der Waals surface area contributed by atoms with E-state index in [1.165, 1.54) is 0 Å². The second-order valence-corrected chi connectivity index (χ2v) is 5.94. The van der Waals surface area contributed by atoms with Crippen LogP contribution in [-0.2, 0) is 15.6 Å². The highest BCUT2D eigenvalue weighted by Crippen LogP contribution is 2.16. The third kappa shape index (κ3) is 2.83. The van der Waals surface area contributed by atoms with E-state index in [4.69, 9.17) is 5.26 Å². The van der Waals surface area contributed by atoms with Crippen LogP contribution in [0, 0.1) is 18.3 Å². The molecule has 0 aliphatic heterocycles. The molecule has 0 aromatic heterocycles. The van der Waals surface area contributed by atoms with Crippen molar-refractivity contribution in [2.75, 3.05) is 0 Å². The molecular formula is C12H15NO2S. The Balaban J connectivity index is 2.99. The summed E-state index contributed by atoms with van der Waals surface area (Å²) in [4.78, 5) is 0. The molecule has 86 valence electrons. The molecule has 16 heavy (non-hydrogen) atoms. The van der Waals surface area contributed by atoms with Crippen LogP contribution in [0.2, 0.25) is 0 Å². The van der Waals surface area contributed by atoms with Crippen LogP contribution in [0.15, 0.2) is 24.3 Å². The Bertz CT molecular complexity index is 500. The van der Waals surface area contributed by atoms with Gasteiger partial charge in [0.2, 0.25) is 0 Å². The topological polar surface area (TPSA) is 57.9 Å². The zero-order valence-electron chi connectivity index (χ0n) is 9.47. The number of benzene rings is 1. The fourth-order valence-corrected chi connectivity index (χ4v) is 3.14. The minimum Gasteiger partial charge on any atom is -0.227 e. The Morgan fingerprint density at radius 2 is 2.00 bits per heavy atom. The average Bonchev–Trinajstić information content (AvgIpc) is 2.22. The summed E-state index contributed by atoms with van der Waals surface area (Å²) >= 11 is 0. The summed E-state index contributed by atoms with van der Waals surface area (Å²) in [7, 11) is -3.36. The molecular weight excluding hydrogens is 222 g/mol. The zero-order chi connectivity index (χ0) is 12.2. The van der Waals surface area contributed by atoms with Crippen LogP contribution < -0.4 is 0 Å². The van der Waals surface area contributed by atoms with Gasteiger partial charge in [0.05, 0.1) is 11.8 Å². The molecule has 0 amide bonds. The largest absolute Gasteiger partial charge is 0.227 e. The predicted octanol–water partition coefficient (Wildman–Crippen LogP) is 2.21. The maximum atomic E-state index is 11.9. The van der Waals surface area contributed by atoms with Gasteiger partial charge in [0.25, 0.3) is 0 Å². The highest BCUT2D eigenvalue weighted by atomic mass is 32.2. The summed E-state index contributed by atoms with van der Waals surface area (Å²) in [6.07, 6.45) is 0.338. The van der Waals surface area contributed by atoms with Crippen LogP contribution in [0.5, 0.6) is 0 Å². The second-order valence-electron chi connectivity index (χ2n) is 3.76. The molecule has 1 unspecified atom stereocenters. The van der Waals surface area contributed by atoms with E-state index in [-0.39, 0.29) is 5.75 Å². The lowest BCUT2D eigenvalue weighted by atomic mass is 10.1. The first-order valence-corrected chi connectivity index (χ1v) is 6.88. The number of hydrogen-bond donors (Lipinski definition) is 0. The molecule has 0 spiro atoms. The van der Waals surface area contributed by atoms with Gasteiger partial charge in [0.15, 0.2) is 9.84 Å². The maximum Gasteiger partial charge on any atom is 0.170 e. The number of nitrogens with zero attached hydrogens (tertiary/aromatic N) is 1. The molecule has 3 nitrogen and oxygen atoms in total. The number of hydrogen-bond acceptors (Lipinski definition) is 3. The third-order valence-electron chi connectivity index (χ3n) is 2.57. The van der Waals surface area contributed by atoms with Crippen molar-refractivity contribution in [3.63, 3.8) is 0 Å². The van der Waals surface area contributed by atoms with Crippen LogP contribution in [0.3, 0.4) is 0 Å². The van der Waals surface area contributed by atoms with Crippen LogP contribution in [-0.4, -0.2) is 13.7 Å². The van der Waals surface area contributed by atoms with Crippen molar-refractivity contribution in [3.8, 4) is 6.07 Å². The van der Waals surface area contributed by atoms with E-state index in [1.807, 2.05) is 31.2 Å². The van der Waals surface area contributed by atoms with Crippen LogP contribution in [0.1, 0.15) is 24.5 Å². The fourth-order valence-electron chi connectivity index (χ4n) is 1.51. The minimum atomic E-state index is -3.36. The van der Waals surface area contributed by atoms with Gasteiger partial charge < -0.3 is 0 Å². The van der Waals surface area contributed by atoms with Gasteiger partial charge in [-0.25, -0.2) is 8.42 Å². The van der Waals surface area contributed by atoms with E-state index in [0.29, 0.717) is 6.42 Å². The number of sulfone groups is 1. The average molecular weight is 237 g/mol. The molecule has 0 bridgehead atoms. The lowest BCUT2D eigenvalue weighted by Crippen LogP contribution is -2.20. The molecule has 4 heteroatoms.